The van der Waals surface area contributed by atoms with Crippen LogP contribution in [0.2, 0.25) is 5.02 Å². The van der Waals surface area contributed by atoms with Crippen LogP contribution < -0.4 is 15.4 Å². The molecule has 1 aromatic heterocycles. The van der Waals surface area contributed by atoms with Crippen LogP contribution >= 0.6 is 22.9 Å². The number of thiazole rings is 1. The lowest BCUT2D eigenvalue weighted by atomic mass is 10.1. The highest BCUT2D eigenvalue weighted by Gasteiger charge is 2.20. The zero-order chi connectivity index (χ0) is 24.8. The number of rotatable bonds is 8. The summed E-state index contributed by atoms with van der Waals surface area (Å²) in [5.41, 5.74) is 1.69. The van der Waals surface area contributed by atoms with Gasteiger partial charge in [0.25, 0.3) is 11.8 Å². The molecule has 176 valence electrons. The smallest absolute Gasteiger partial charge is 0.336 e. The summed E-state index contributed by atoms with van der Waals surface area (Å²) in [6, 6.07) is 10.9. The number of amides is 2. The molecule has 3 N–H and O–H groups in total. The summed E-state index contributed by atoms with van der Waals surface area (Å²) in [6.45, 7) is 7.35. The van der Waals surface area contributed by atoms with Crippen molar-refractivity contribution in [2.75, 3.05) is 5.32 Å². The monoisotopic (exact) mass is 499 g/mol. The van der Waals surface area contributed by atoms with Gasteiger partial charge in [0, 0.05) is 24.1 Å². The number of anilines is 1. The molecule has 8 nitrogen and oxygen atoms in total. The predicted molar refractivity (Wildman–Crippen MR) is 131 cm³/mol. The number of nitrogens with one attached hydrogen (secondary N) is 2. The molecule has 0 atom stereocenters. The van der Waals surface area contributed by atoms with Gasteiger partial charge in [-0.05, 0) is 35.9 Å². The van der Waals surface area contributed by atoms with Gasteiger partial charge in [0.2, 0.25) is 5.06 Å². The lowest BCUT2D eigenvalue weighted by Gasteiger charge is -2.08. The molecule has 0 aliphatic rings. The number of phenolic OH excluding ortho intramolecular Hbond substituents is 1. The second-order valence-corrected chi connectivity index (χ2v) is 8.84. The molecule has 0 bridgehead atoms. The lowest BCUT2D eigenvalue weighted by molar-refractivity contribution is -0.128. The Labute approximate surface area is 205 Å². The van der Waals surface area contributed by atoms with Crippen molar-refractivity contribution in [3.63, 3.8) is 0 Å². The second kappa shape index (κ2) is 11.0. The van der Waals surface area contributed by atoms with Gasteiger partial charge in [-0.2, -0.15) is 0 Å². The highest BCUT2D eigenvalue weighted by Crippen LogP contribution is 2.36. The Hall–Kier alpha value is -3.69. The zero-order valence-electron chi connectivity index (χ0n) is 18.4. The van der Waals surface area contributed by atoms with Crippen LogP contribution in [0.25, 0.3) is 0 Å². The van der Waals surface area contributed by atoms with E-state index in [4.69, 9.17) is 16.3 Å². The van der Waals surface area contributed by atoms with E-state index in [1.54, 1.807) is 24.3 Å². The first-order valence-electron chi connectivity index (χ1n) is 10.2. The summed E-state index contributed by atoms with van der Waals surface area (Å²) in [4.78, 5) is 41.1. The summed E-state index contributed by atoms with van der Waals surface area (Å²) in [5.74, 6) is -1.47. The van der Waals surface area contributed by atoms with E-state index in [2.05, 4.69) is 22.2 Å². The molecule has 0 saturated heterocycles. The molecule has 0 aliphatic heterocycles. The molecule has 10 heteroatoms. The van der Waals surface area contributed by atoms with Gasteiger partial charge in [-0.1, -0.05) is 55.5 Å². The van der Waals surface area contributed by atoms with Crippen molar-refractivity contribution >= 4 is 45.9 Å². The topological polar surface area (TPSA) is 118 Å². The van der Waals surface area contributed by atoms with Crippen molar-refractivity contribution in [3.05, 3.63) is 82.5 Å². The number of benzene rings is 2. The van der Waals surface area contributed by atoms with E-state index in [1.807, 2.05) is 13.8 Å². The Bertz CT molecular complexity index is 1260. The number of carbonyl (C=O) groups is 3. The van der Waals surface area contributed by atoms with Crippen molar-refractivity contribution < 1.29 is 24.2 Å². The van der Waals surface area contributed by atoms with Crippen LogP contribution in [0, 0.1) is 0 Å². The van der Waals surface area contributed by atoms with Gasteiger partial charge >= 0.3 is 5.97 Å². The summed E-state index contributed by atoms with van der Waals surface area (Å²) < 4.78 is 5.21. The molecule has 0 unspecified atom stereocenters. The van der Waals surface area contributed by atoms with E-state index in [0.29, 0.717) is 5.69 Å². The third-order valence-electron chi connectivity index (χ3n) is 4.59. The molecule has 3 aromatic rings. The predicted octanol–water partition coefficient (Wildman–Crippen LogP) is 4.90. The van der Waals surface area contributed by atoms with Crippen LogP contribution in [-0.4, -0.2) is 27.9 Å². The van der Waals surface area contributed by atoms with E-state index >= 15 is 0 Å². The minimum absolute atomic E-state index is 0.0456. The van der Waals surface area contributed by atoms with Crippen molar-refractivity contribution in [1.29, 1.82) is 0 Å². The van der Waals surface area contributed by atoms with E-state index in [9.17, 15) is 19.5 Å². The number of halogens is 1. The first-order valence-corrected chi connectivity index (χ1v) is 11.4. The van der Waals surface area contributed by atoms with Crippen LogP contribution in [0.15, 0.2) is 55.1 Å². The van der Waals surface area contributed by atoms with Crippen molar-refractivity contribution in [1.82, 2.24) is 10.3 Å². The number of aromatic nitrogens is 1. The van der Waals surface area contributed by atoms with Gasteiger partial charge in [0.1, 0.15) is 5.75 Å². The largest absolute Gasteiger partial charge is 0.508 e. The maximum Gasteiger partial charge on any atom is 0.336 e. The molecule has 1 heterocycles. The standard InChI is InChI=1S/C24H22ClN3O5S/c1-4-19(30)33-23-20(13(2)3)27-24(34-23)28-22(32)17-9-8-15(11-18(17)25)21(31)26-12-14-6-5-7-16(29)10-14/h4-11,13,29H,1,12H2,2-3H3,(H,26,31)(H,27,28,32). The van der Waals surface area contributed by atoms with Gasteiger partial charge in [-0.15, -0.1) is 0 Å². The molecule has 0 fully saturated rings. The average molecular weight is 500 g/mol. The van der Waals surface area contributed by atoms with Gasteiger partial charge in [-0.3, -0.25) is 14.9 Å². The first-order chi connectivity index (χ1) is 16.2. The SMILES string of the molecule is C=CC(=O)Oc1sc(NC(=O)c2ccc(C(=O)NCc3cccc(O)c3)cc2Cl)nc1C(C)C. The quantitative estimate of drug-likeness (QED) is 0.300. The maximum absolute atomic E-state index is 12.8. The van der Waals surface area contributed by atoms with E-state index in [1.165, 1.54) is 18.2 Å². The minimum atomic E-state index is -0.621. The van der Waals surface area contributed by atoms with Gasteiger partial charge in [0.05, 0.1) is 16.3 Å². The molecule has 0 spiro atoms. The number of esters is 1. The molecule has 0 saturated carbocycles. The highest BCUT2D eigenvalue weighted by molar-refractivity contribution is 7.17. The summed E-state index contributed by atoms with van der Waals surface area (Å²) in [7, 11) is 0. The minimum Gasteiger partial charge on any atom is -0.508 e. The van der Waals surface area contributed by atoms with Crippen molar-refractivity contribution in [3.8, 4) is 10.8 Å². The second-order valence-electron chi connectivity index (χ2n) is 7.47. The third-order valence-corrected chi connectivity index (χ3v) is 5.76. The summed E-state index contributed by atoms with van der Waals surface area (Å²) in [5, 5.41) is 15.5. The van der Waals surface area contributed by atoms with Crippen molar-refractivity contribution in [2.45, 2.75) is 26.3 Å². The number of phenols is 1. The molecular weight excluding hydrogens is 478 g/mol. The van der Waals surface area contributed by atoms with E-state index < -0.39 is 11.9 Å². The number of aromatic hydroxyl groups is 1. The number of nitrogens with zero attached hydrogens (tertiary/aromatic N) is 1. The Balaban J connectivity index is 1.70. The Morgan fingerprint density at radius 1 is 1.21 bits per heavy atom. The van der Waals surface area contributed by atoms with Crippen LogP contribution in [0.3, 0.4) is 0 Å². The zero-order valence-corrected chi connectivity index (χ0v) is 20.0. The van der Waals surface area contributed by atoms with Crippen molar-refractivity contribution in [2.24, 2.45) is 0 Å². The molecule has 2 aromatic carbocycles. The molecule has 0 aliphatic carbocycles. The molecular formula is C24H22ClN3O5S. The van der Waals surface area contributed by atoms with Gasteiger partial charge < -0.3 is 15.2 Å². The third kappa shape index (κ3) is 6.21. The Morgan fingerprint density at radius 2 is 1.97 bits per heavy atom. The number of hydrogen-bond acceptors (Lipinski definition) is 7. The van der Waals surface area contributed by atoms with E-state index in [0.717, 1.165) is 23.0 Å². The number of ether oxygens (including phenoxy) is 1. The summed E-state index contributed by atoms with van der Waals surface area (Å²) >= 11 is 7.29. The lowest BCUT2D eigenvalue weighted by Crippen LogP contribution is -2.23. The van der Waals surface area contributed by atoms with Gasteiger partial charge in [-0.25, -0.2) is 9.78 Å². The first kappa shape index (κ1) is 24.9. The average Bonchev–Trinajstić information content (AvgIpc) is 3.19. The summed E-state index contributed by atoms with van der Waals surface area (Å²) in [6.07, 6.45) is 1.04. The van der Waals surface area contributed by atoms with Crippen LogP contribution in [0.1, 0.15) is 51.7 Å². The Morgan fingerprint density at radius 3 is 2.62 bits per heavy atom. The van der Waals surface area contributed by atoms with E-state index in [-0.39, 0.29) is 50.5 Å². The fraction of sp³-hybridized carbons (Fsp3) is 0.167. The van der Waals surface area contributed by atoms with Crippen LogP contribution in [0.4, 0.5) is 5.13 Å². The number of hydrogen-bond donors (Lipinski definition) is 3. The normalized spacial score (nSPS) is 10.6. The molecule has 2 amide bonds. The fourth-order valence-corrected chi connectivity index (χ4v) is 4.14. The molecule has 3 rings (SSSR count). The van der Waals surface area contributed by atoms with Gasteiger partial charge in [0.15, 0.2) is 5.13 Å². The maximum atomic E-state index is 12.8. The van der Waals surface area contributed by atoms with Crippen LogP contribution in [-0.2, 0) is 11.3 Å². The molecule has 34 heavy (non-hydrogen) atoms. The number of carbonyl (C=O) groups excluding carboxylic acids is 3. The fourth-order valence-electron chi connectivity index (χ4n) is 2.90. The molecule has 0 radical (unpaired) electrons. The van der Waals surface area contributed by atoms with Crippen LogP contribution in [0.5, 0.6) is 10.8 Å². The Kier molecular flexibility index (Phi) is 8.04. The highest BCUT2D eigenvalue weighted by atomic mass is 35.5.